The molecule has 74 valence electrons. The van der Waals surface area contributed by atoms with E-state index in [0.717, 1.165) is 19.4 Å². The standard InChI is InChI=1S/C6H6O6S.Na.H/c1-10-6(7)12-13(8,9)5-3-2-4-11-5;;/h2-4H,1H3;;. The molecule has 0 aromatic carbocycles. The Kier molecular flexibility index (Phi) is 5.21. The third-order valence-electron chi connectivity index (χ3n) is 1.09. The van der Waals surface area contributed by atoms with E-state index in [2.05, 4.69) is 13.3 Å². The van der Waals surface area contributed by atoms with Gasteiger partial charge in [-0.25, -0.2) is 4.79 Å². The molecular formula is C6H7NaO6S. The van der Waals surface area contributed by atoms with Crippen molar-refractivity contribution in [3.8, 4) is 0 Å². The normalized spacial score (nSPS) is 10.1. The zero-order valence-corrected chi connectivity index (χ0v) is 7.41. The molecule has 0 saturated heterocycles. The van der Waals surface area contributed by atoms with Crippen LogP contribution in [0.1, 0.15) is 0 Å². The molecule has 14 heavy (non-hydrogen) atoms. The molecule has 0 fully saturated rings. The second-order valence-electron chi connectivity index (χ2n) is 1.92. The summed E-state index contributed by atoms with van der Waals surface area (Å²) >= 11 is 0. The molecule has 1 aromatic heterocycles. The Labute approximate surface area is 103 Å². The fourth-order valence-corrected chi connectivity index (χ4v) is 1.32. The van der Waals surface area contributed by atoms with E-state index in [-0.39, 0.29) is 29.6 Å². The Morgan fingerprint density at radius 3 is 2.57 bits per heavy atom. The summed E-state index contributed by atoms with van der Waals surface area (Å²) in [7, 11) is -3.17. The molecule has 0 aliphatic heterocycles. The third-order valence-corrected chi connectivity index (χ3v) is 2.17. The number of ether oxygens (including phenoxy) is 1. The molecule has 1 aromatic rings. The van der Waals surface area contributed by atoms with Gasteiger partial charge in [-0.3, -0.25) is 0 Å². The Morgan fingerprint density at radius 2 is 2.14 bits per heavy atom. The van der Waals surface area contributed by atoms with E-state index in [1.54, 1.807) is 0 Å². The van der Waals surface area contributed by atoms with Gasteiger partial charge in [-0.15, -0.1) is 0 Å². The van der Waals surface area contributed by atoms with Crippen molar-refractivity contribution in [2.45, 2.75) is 5.09 Å². The van der Waals surface area contributed by atoms with Crippen LogP contribution in [0.25, 0.3) is 0 Å². The van der Waals surface area contributed by atoms with E-state index in [9.17, 15) is 13.2 Å². The van der Waals surface area contributed by atoms with E-state index < -0.39 is 21.4 Å². The van der Waals surface area contributed by atoms with Gasteiger partial charge in [-0.05, 0) is 12.1 Å². The first-order valence-electron chi connectivity index (χ1n) is 3.12. The molecule has 0 radical (unpaired) electrons. The van der Waals surface area contributed by atoms with Gasteiger partial charge in [0.2, 0.25) is 0 Å². The van der Waals surface area contributed by atoms with Gasteiger partial charge in [0.15, 0.2) is 0 Å². The van der Waals surface area contributed by atoms with Crippen molar-refractivity contribution in [1.29, 1.82) is 0 Å². The van der Waals surface area contributed by atoms with Crippen molar-refractivity contribution >= 4 is 45.8 Å². The predicted octanol–water partition coefficient (Wildman–Crippen LogP) is 0.103. The van der Waals surface area contributed by atoms with Crippen LogP contribution in [0.5, 0.6) is 0 Å². The fourth-order valence-electron chi connectivity index (χ4n) is 0.570. The van der Waals surface area contributed by atoms with Gasteiger partial charge in [0.25, 0.3) is 5.09 Å². The van der Waals surface area contributed by atoms with Gasteiger partial charge in [0.1, 0.15) is 0 Å². The summed E-state index contributed by atoms with van der Waals surface area (Å²) in [5.41, 5.74) is 0. The van der Waals surface area contributed by atoms with Crippen molar-refractivity contribution in [3.63, 3.8) is 0 Å². The van der Waals surface area contributed by atoms with Crippen molar-refractivity contribution in [2.75, 3.05) is 7.11 Å². The van der Waals surface area contributed by atoms with Crippen LogP contribution in [0.3, 0.4) is 0 Å². The number of hydrogen-bond donors (Lipinski definition) is 0. The van der Waals surface area contributed by atoms with Crippen LogP contribution in [0.15, 0.2) is 27.9 Å². The van der Waals surface area contributed by atoms with E-state index >= 15 is 0 Å². The molecule has 0 atom stereocenters. The van der Waals surface area contributed by atoms with Gasteiger partial charge < -0.3 is 13.3 Å². The van der Waals surface area contributed by atoms with Gasteiger partial charge in [-0.1, -0.05) is 0 Å². The summed E-state index contributed by atoms with van der Waals surface area (Å²) in [4.78, 5) is 10.5. The van der Waals surface area contributed by atoms with Crippen LogP contribution >= 0.6 is 0 Å². The van der Waals surface area contributed by atoms with E-state index in [0.29, 0.717) is 0 Å². The number of carbonyl (C=O) groups is 1. The summed E-state index contributed by atoms with van der Waals surface area (Å²) in [5, 5.41) is -0.446. The minimum atomic E-state index is -4.17. The van der Waals surface area contributed by atoms with Crippen LogP contribution in [0.2, 0.25) is 0 Å². The summed E-state index contributed by atoms with van der Waals surface area (Å²) in [6, 6.07) is 2.51. The van der Waals surface area contributed by atoms with E-state index in [1.807, 2.05) is 0 Å². The summed E-state index contributed by atoms with van der Waals surface area (Å²) in [5.74, 6) is 0. The molecule has 0 saturated carbocycles. The number of methoxy groups -OCH3 is 1. The Morgan fingerprint density at radius 1 is 1.50 bits per heavy atom. The molecule has 0 spiro atoms. The summed E-state index contributed by atoms with van der Waals surface area (Å²) < 4.78 is 34.6. The molecule has 8 heteroatoms. The van der Waals surface area contributed by atoms with Crippen molar-refractivity contribution in [2.24, 2.45) is 0 Å². The number of carbonyl (C=O) groups excluding carboxylic acids is 1. The van der Waals surface area contributed by atoms with E-state index in [1.165, 1.54) is 6.07 Å². The van der Waals surface area contributed by atoms with E-state index in [4.69, 9.17) is 0 Å². The maximum atomic E-state index is 11.0. The Hall–Kier alpha value is -0.500. The first kappa shape index (κ1) is 13.5. The molecular weight excluding hydrogens is 223 g/mol. The molecule has 6 nitrogen and oxygen atoms in total. The van der Waals surface area contributed by atoms with Crippen molar-refractivity contribution in [3.05, 3.63) is 18.4 Å². The first-order valence-corrected chi connectivity index (χ1v) is 4.53. The second-order valence-corrected chi connectivity index (χ2v) is 3.40. The molecule has 0 aliphatic carbocycles. The van der Waals surface area contributed by atoms with Crippen LogP contribution < -0.4 is 0 Å². The number of furan rings is 1. The monoisotopic (exact) mass is 230 g/mol. The maximum absolute atomic E-state index is 11.0. The zero-order chi connectivity index (χ0) is 9.90. The average Bonchev–Trinajstić information content (AvgIpc) is 2.55. The molecule has 1 heterocycles. The molecule has 1 rings (SSSR count). The molecule has 0 amide bonds. The summed E-state index contributed by atoms with van der Waals surface area (Å²) in [6.07, 6.45) is -0.163. The quantitative estimate of drug-likeness (QED) is 0.407. The topological polar surface area (TPSA) is 82.8 Å². The fraction of sp³-hybridized carbons (Fsp3) is 0.167. The van der Waals surface area contributed by atoms with Gasteiger partial charge in [0, 0.05) is 0 Å². The van der Waals surface area contributed by atoms with Gasteiger partial charge in [0.05, 0.1) is 13.4 Å². The molecule has 0 unspecified atom stereocenters. The average molecular weight is 230 g/mol. The van der Waals surface area contributed by atoms with Crippen LogP contribution in [0, 0.1) is 0 Å². The minimum absolute atomic E-state index is 0. The zero-order valence-electron chi connectivity index (χ0n) is 6.59. The van der Waals surface area contributed by atoms with Crippen molar-refractivity contribution < 1.29 is 26.5 Å². The van der Waals surface area contributed by atoms with Gasteiger partial charge >= 0.3 is 45.8 Å². The molecule has 0 bridgehead atoms. The molecule has 0 aliphatic rings. The van der Waals surface area contributed by atoms with Crippen molar-refractivity contribution in [1.82, 2.24) is 0 Å². The number of hydrogen-bond acceptors (Lipinski definition) is 6. The first-order chi connectivity index (χ1) is 6.06. The van der Waals surface area contributed by atoms with Gasteiger partial charge in [-0.2, -0.15) is 8.42 Å². The Bertz CT molecular complexity index is 380. The van der Waals surface area contributed by atoms with Crippen LogP contribution in [0.4, 0.5) is 4.79 Å². The SMILES string of the molecule is COC(=O)OS(=O)(=O)c1ccco1.[NaH]. The second kappa shape index (κ2) is 5.40. The van der Waals surface area contributed by atoms with Crippen LogP contribution in [-0.2, 0) is 19.0 Å². The predicted molar refractivity (Wildman–Crippen MR) is 46.5 cm³/mol. The number of rotatable bonds is 2. The Balaban J connectivity index is 0.00000169. The van der Waals surface area contributed by atoms with Crippen LogP contribution in [-0.4, -0.2) is 51.2 Å². The molecule has 0 N–H and O–H groups in total. The summed E-state index contributed by atoms with van der Waals surface area (Å²) in [6.45, 7) is 0. The third kappa shape index (κ3) is 3.33.